The van der Waals surface area contributed by atoms with Gasteiger partial charge in [-0.25, -0.2) is 8.42 Å². The van der Waals surface area contributed by atoms with Crippen molar-refractivity contribution in [1.82, 2.24) is 9.62 Å². The van der Waals surface area contributed by atoms with Crippen LogP contribution < -0.4 is 5.32 Å². The van der Waals surface area contributed by atoms with Crippen LogP contribution in [0.3, 0.4) is 0 Å². The minimum Gasteiger partial charge on any atom is -0.363 e. The van der Waals surface area contributed by atoms with Crippen LogP contribution in [0.2, 0.25) is 0 Å². The van der Waals surface area contributed by atoms with Crippen molar-refractivity contribution in [2.75, 3.05) is 13.7 Å². The van der Waals surface area contributed by atoms with Crippen LogP contribution in [-0.4, -0.2) is 50.7 Å². The Morgan fingerprint density at radius 2 is 1.88 bits per heavy atom. The SMILES string of the molecule is CO[C@H]1[C@H](NC(=O)C(F)(F)F)CCN1S(=O)(=O)c1ccc(C)cc1. The van der Waals surface area contributed by atoms with Gasteiger partial charge in [-0.1, -0.05) is 17.7 Å². The van der Waals surface area contributed by atoms with E-state index in [2.05, 4.69) is 0 Å². The number of carbonyl (C=O) groups excluding carboxylic acids is 1. The molecule has 0 bridgehead atoms. The van der Waals surface area contributed by atoms with Gasteiger partial charge in [0.2, 0.25) is 10.0 Å². The highest BCUT2D eigenvalue weighted by Crippen LogP contribution is 2.28. The Bertz CT molecular complexity index is 704. The van der Waals surface area contributed by atoms with Crippen LogP contribution >= 0.6 is 0 Å². The third-order valence-electron chi connectivity index (χ3n) is 3.73. The van der Waals surface area contributed by atoms with Gasteiger partial charge in [0.05, 0.1) is 10.9 Å². The summed E-state index contributed by atoms with van der Waals surface area (Å²) >= 11 is 0. The molecule has 2 atom stereocenters. The molecular formula is C14H17F3N2O4S. The van der Waals surface area contributed by atoms with Gasteiger partial charge < -0.3 is 10.1 Å². The maximum absolute atomic E-state index is 12.7. The number of carbonyl (C=O) groups is 1. The quantitative estimate of drug-likeness (QED) is 0.874. The molecule has 1 heterocycles. The number of halogens is 3. The normalized spacial score (nSPS) is 22.5. The van der Waals surface area contributed by atoms with Crippen molar-refractivity contribution >= 4 is 15.9 Å². The highest BCUT2D eigenvalue weighted by atomic mass is 32.2. The number of sulfonamides is 1. The molecule has 1 aromatic rings. The summed E-state index contributed by atoms with van der Waals surface area (Å²) in [6, 6.07) is 4.99. The van der Waals surface area contributed by atoms with E-state index >= 15 is 0 Å². The maximum atomic E-state index is 12.7. The van der Waals surface area contributed by atoms with Crippen molar-refractivity contribution in [3.05, 3.63) is 29.8 Å². The number of nitrogens with one attached hydrogen (secondary N) is 1. The van der Waals surface area contributed by atoms with Gasteiger partial charge in [-0.15, -0.1) is 0 Å². The third kappa shape index (κ3) is 3.70. The molecule has 2 rings (SSSR count). The van der Waals surface area contributed by atoms with E-state index in [1.165, 1.54) is 19.2 Å². The summed E-state index contributed by atoms with van der Waals surface area (Å²) < 4.78 is 68.5. The summed E-state index contributed by atoms with van der Waals surface area (Å²) in [7, 11) is -2.76. The van der Waals surface area contributed by atoms with E-state index in [0.717, 1.165) is 9.87 Å². The number of alkyl halides is 3. The second-order valence-corrected chi connectivity index (χ2v) is 7.31. The van der Waals surface area contributed by atoms with Gasteiger partial charge in [-0.05, 0) is 25.5 Å². The largest absolute Gasteiger partial charge is 0.471 e. The Hall–Kier alpha value is -1.65. The molecule has 0 radical (unpaired) electrons. The number of benzene rings is 1. The number of nitrogens with zero attached hydrogens (tertiary/aromatic N) is 1. The fraction of sp³-hybridized carbons (Fsp3) is 0.500. The summed E-state index contributed by atoms with van der Waals surface area (Å²) in [5.74, 6) is -2.12. The van der Waals surface area contributed by atoms with Gasteiger partial charge in [0.1, 0.15) is 6.23 Å². The lowest BCUT2D eigenvalue weighted by atomic mass is 10.2. The molecule has 0 aliphatic carbocycles. The van der Waals surface area contributed by atoms with Crippen molar-refractivity contribution in [2.45, 2.75) is 36.7 Å². The standard InChI is InChI=1S/C14H17F3N2O4S/c1-9-3-5-10(6-4-9)24(21,22)19-8-7-11(12(19)23-2)18-13(20)14(15,16)17/h3-6,11-12H,7-8H2,1-2H3,(H,18,20)/t11-,12+/m1/s1. The summed E-state index contributed by atoms with van der Waals surface area (Å²) in [5, 5.41) is 1.79. The van der Waals surface area contributed by atoms with E-state index in [9.17, 15) is 26.4 Å². The van der Waals surface area contributed by atoms with Crippen LogP contribution in [0.15, 0.2) is 29.2 Å². The zero-order valence-corrected chi connectivity index (χ0v) is 13.8. The highest BCUT2D eigenvalue weighted by molar-refractivity contribution is 7.89. The Morgan fingerprint density at radius 1 is 1.29 bits per heavy atom. The first-order chi connectivity index (χ1) is 11.1. The Morgan fingerprint density at radius 3 is 2.38 bits per heavy atom. The summed E-state index contributed by atoms with van der Waals surface area (Å²) in [4.78, 5) is 11.1. The minimum absolute atomic E-state index is 0.0120. The molecule has 0 aromatic heterocycles. The van der Waals surface area contributed by atoms with Crippen molar-refractivity contribution in [2.24, 2.45) is 0 Å². The number of amides is 1. The molecule has 1 amide bonds. The number of ether oxygens (including phenoxy) is 1. The molecule has 0 spiro atoms. The van der Waals surface area contributed by atoms with E-state index in [1.807, 2.05) is 0 Å². The van der Waals surface area contributed by atoms with Crippen molar-refractivity contribution in [3.8, 4) is 0 Å². The Labute approximate surface area is 137 Å². The van der Waals surface area contributed by atoms with E-state index in [-0.39, 0.29) is 17.9 Å². The summed E-state index contributed by atoms with van der Waals surface area (Å²) in [6.07, 6.45) is -6.23. The average Bonchev–Trinajstić information content (AvgIpc) is 2.90. The third-order valence-corrected chi connectivity index (χ3v) is 5.61. The Kier molecular flexibility index (Phi) is 5.21. The van der Waals surface area contributed by atoms with Crippen LogP contribution in [0.5, 0.6) is 0 Å². The molecule has 1 saturated heterocycles. The predicted molar refractivity (Wildman–Crippen MR) is 78.5 cm³/mol. The molecule has 1 aliphatic rings. The number of methoxy groups -OCH3 is 1. The first-order valence-electron chi connectivity index (χ1n) is 7.06. The van der Waals surface area contributed by atoms with Gasteiger partial charge >= 0.3 is 12.1 Å². The molecule has 1 N–H and O–H groups in total. The van der Waals surface area contributed by atoms with Crippen molar-refractivity contribution < 1.29 is 31.1 Å². The predicted octanol–water partition coefficient (Wildman–Crippen LogP) is 1.41. The van der Waals surface area contributed by atoms with E-state index in [0.29, 0.717) is 0 Å². The molecule has 1 aromatic carbocycles. The van der Waals surface area contributed by atoms with Gasteiger partial charge in [0, 0.05) is 13.7 Å². The summed E-state index contributed by atoms with van der Waals surface area (Å²) in [5.41, 5.74) is 0.869. The van der Waals surface area contributed by atoms with Crippen LogP contribution in [-0.2, 0) is 19.6 Å². The fourth-order valence-electron chi connectivity index (χ4n) is 2.51. The minimum atomic E-state index is -5.04. The van der Waals surface area contributed by atoms with Gasteiger partial charge in [0.25, 0.3) is 0 Å². The molecule has 6 nitrogen and oxygen atoms in total. The second kappa shape index (κ2) is 6.69. The lowest BCUT2D eigenvalue weighted by molar-refractivity contribution is -0.175. The van der Waals surface area contributed by atoms with Crippen molar-refractivity contribution in [3.63, 3.8) is 0 Å². The lowest BCUT2D eigenvalue weighted by Crippen LogP contribution is -2.50. The fourth-order valence-corrected chi connectivity index (χ4v) is 4.12. The van der Waals surface area contributed by atoms with E-state index < -0.39 is 34.4 Å². The number of aryl methyl sites for hydroxylation is 1. The first-order valence-corrected chi connectivity index (χ1v) is 8.50. The van der Waals surface area contributed by atoms with Crippen LogP contribution in [0, 0.1) is 6.92 Å². The van der Waals surface area contributed by atoms with E-state index in [1.54, 1.807) is 24.4 Å². The number of hydrogen-bond acceptors (Lipinski definition) is 4. The van der Waals surface area contributed by atoms with E-state index in [4.69, 9.17) is 4.74 Å². The van der Waals surface area contributed by atoms with Gasteiger partial charge in [-0.3, -0.25) is 4.79 Å². The monoisotopic (exact) mass is 366 g/mol. The topological polar surface area (TPSA) is 75.7 Å². The second-order valence-electron chi connectivity index (χ2n) is 5.42. The molecule has 1 aliphatic heterocycles. The Balaban J connectivity index is 2.22. The lowest BCUT2D eigenvalue weighted by Gasteiger charge is -2.27. The molecule has 1 fully saturated rings. The maximum Gasteiger partial charge on any atom is 0.471 e. The smallest absolute Gasteiger partial charge is 0.363 e. The van der Waals surface area contributed by atoms with Crippen LogP contribution in [0.25, 0.3) is 0 Å². The number of rotatable bonds is 4. The molecule has 0 saturated carbocycles. The number of hydrogen-bond donors (Lipinski definition) is 1. The summed E-state index contributed by atoms with van der Waals surface area (Å²) in [6.45, 7) is 1.74. The molecule has 24 heavy (non-hydrogen) atoms. The molecular weight excluding hydrogens is 349 g/mol. The van der Waals surface area contributed by atoms with Crippen molar-refractivity contribution in [1.29, 1.82) is 0 Å². The van der Waals surface area contributed by atoms with Gasteiger partial charge in [0.15, 0.2) is 0 Å². The zero-order chi connectivity index (χ0) is 18.1. The molecule has 134 valence electrons. The van der Waals surface area contributed by atoms with Crippen LogP contribution in [0.4, 0.5) is 13.2 Å². The highest BCUT2D eigenvalue weighted by Gasteiger charge is 2.46. The molecule has 0 unspecified atom stereocenters. The molecule has 10 heteroatoms. The zero-order valence-electron chi connectivity index (χ0n) is 13.0. The van der Waals surface area contributed by atoms with Crippen LogP contribution in [0.1, 0.15) is 12.0 Å². The first kappa shape index (κ1) is 18.7. The van der Waals surface area contributed by atoms with Gasteiger partial charge in [-0.2, -0.15) is 17.5 Å². The average molecular weight is 366 g/mol.